The van der Waals surface area contributed by atoms with Crippen LogP contribution in [0, 0.1) is 50.2 Å². The Hall–Kier alpha value is -3.03. The van der Waals surface area contributed by atoms with Gasteiger partial charge in [-0.05, 0) is 85.9 Å². The van der Waals surface area contributed by atoms with Crippen LogP contribution in [-0.2, 0) is 52.3 Å². The van der Waals surface area contributed by atoms with E-state index >= 15 is 0 Å². The average Bonchev–Trinajstić information content (AvgIpc) is 3.58. The van der Waals surface area contributed by atoms with Crippen molar-refractivity contribution in [3.63, 3.8) is 0 Å². The van der Waals surface area contributed by atoms with Gasteiger partial charge in [-0.15, -0.1) is 0 Å². The van der Waals surface area contributed by atoms with Gasteiger partial charge in [-0.3, -0.25) is 4.79 Å². The van der Waals surface area contributed by atoms with Crippen LogP contribution in [0.2, 0.25) is 0 Å². The van der Waals surface area contributed by atoms with Crippen molar-refractivity contribution in [3.05, 3.63) is 23.5 Å². The van der Waals surface area contributed by atoms with E-state index in [4.69, 9.17) is 37.9 Å². The van der Waals surface area contributed by atoms with Gasteiger partial charge >= 0.3 is 17.9 Å². The van der Waals surface area contributed by atoms with Gasteiger partial charge in [0.25, 0.3) is 0 Å². The zero-order valence-corrected chi connectivity index (χ0v) is 45.9. The molecule has 8 aliphatic rings. The van der Waals surface area contributed by atoms with Crippen LogP contribution in [0.25, 0.3) is 0 Å². The predicted octanol–water partition coefficient (Wildman–Crippen LogP) is -1.83. The molecule has 4 saturated carbocycles. The van der Waals surface area contributed by atoms with Crippen LogP contribution < -0.4 is 0 Å². The SMILES string of the molecule is CC(=O)O[C@H]1C(OC=C(C)C(=O)O)C(C)(C)CC2C3=CCC4C5(C)CCC(OC6O[C@H](C(=O)O)[C@@H](O[C@@H]7O[C@H](CO)[C@@H](O)[C@H](O)[C@H]7O)[C@H](O)[C@H]6O[C@@H]6O[C@H](CO)C(O)[C@H](O)[C@H]6O)[C@](C)(CO)C5CCC4(C)[C@]3(C)C[C@@H](O)C21CO. The number of aliphatic carboxylic acids is 2. The molecule has 25 nitrogen and oxygen atoms in total. The minimum absolute atomic E-state index is 0.0963. The molecule has 0 amide bonds. The maximum Gasteiger partial charge on any atom is 0.335 e. The molecule has 7 fully saturated rings. The van der Waals surface area contributed by atoms with E-state index in [2.05, 4.69) is 26.8 Å². The molecule has 450 valence electrons. The van der Waals surface area contributed by atoms with Crippen LogP contribution in [0.4, 0.5) is 0 Å². The normalized spacial score (nSPS) is 50.6. The third kappa shape index (κ3) is 9.98. The first kappa shape index (κ1) is 62.0. The molecule has 0 radical (unpaired) electrons. The smallest absolute Gasteiger partial charge is 0.335 e. The summed E-state index contributed by atoms with van der Waals surface area (Å²) in [5, 5.41) is 153. The lowest BCUT2D eigenvalue weighted by atomic mass is 9.33. The van der Waals surface area contributed by atoms with E-state index in [9.17, 15) is 85.9 Å². The van der Waals surface area contributed by atoms with E-state index in [-0.39, 0.29) is 30.3 Å². The number of hydrogen-bond donors (Lipinski definition) is 14. The largest absolute Gasteiger partial charge is 0.493 e. The van der Waals surface area contributed by atoms with E-state index in [0.717, 1.165) is 11.8 Å². The second-order valence-electron chi connectivity index (χ2n) is 25.4. The standard InChI is InChI=1S/C54H84O25/c1-22(44(68)69)19-72-42-43(73-23(2)59)54(21-58)25(15-49(42,3)4)24-9-10-29-50(5)13-12-31(51(6,20-57)28(50)11-14-52(29,7)53(24,8)16-30(54)60)76-48-40(78-47-37(66)35(64)33(62)27(18-56)75-47)38(67)39(41(79-48)45(70)71)77-46-36(65)34(63)32(61)26(17-55)74-46/h9,19,25-43,46-48,55-58,60-67H,10-18,20-21H2,1-8H3,(H,68,69)(H,70,71)/t25?,26-,27-,28?,29?,30-,31?,32-,33?,34+,35+,36-,37-,38+,39+,40-,41+,42?,43+,46+,47+,48?,50?,51-,52?,53-,54?/m1/s1. The number of esters is 1. The van der Waals surface area contributed by atoms with Gasteiger partial charge in [-0.1, -0.05) is 53.2 Å². The fraction of sp³-hybridized carbons (Fsp3) is 0.870. The van der Waals surface area contributed by atoms with Crippen molar-refractivity contribution in [3.8, 4) is 0 Å². The Balaban J connectivity index is 1.11. The van der Waals surface area contributed by atoms with Crippen LogP contribution >= 0.6 is 0 Å². The van der Waals surface area contributed by atoms with Gasteiger partial charge in [0.2, 0.25) is 0 Å². The van der Waals surface area contributed by atoms with E-state index < -0.39 is 199 Å². The molecule has 8 rings (SSSR count). The Morgan fingerprint density at radius 2 is 1.24 bits per heavy atom. The van der Waals surface area contributed by atoms with E-state index in [1.807, 2.05) is 20.8 Å². The number of carboxylic acid groups (broad SMARTS) is 2. The first-order valence-electron chi connectivity index (χ1n) is 27.4. The number of aliphatic hydroxyl groups is 12. The number of ether oxygens (including phenoxy) is 8. The Morgan fingerprint density at radius 1 is 0.658 bits per heavy atom. The van der Waals surface area contributed by atoms with Gasteiger partial charge < -0.3 is 109 Å². The molecule has 3 saturated heterocycles. The molecular formula is C54H84O25. The molecule has 0 aromatic rings. The molecule has 0 spiro atoms. The summed E-state index contributed by atoms with van der Waals surface area (Å²) < 4.78 is 48.1. The summed E-state index contributed by atoms with van der Waals surface area (Å²) in [7, 11) is 0. The Labute approximate surface area is 457 Å². The molecule has 79 heavy (non-hydrogen) atoms. The van der Waals surface area contributed by atoms with Crippen LogP contribution in [0.3, 0.4) is 0 Å². The lowest BCUT2D eigenvalue weighted by Crippen LogP contribution is -2.72. The molecule has 10 unspecified atom stereocenters. The fourth-order valence-corrected chi connectivity index (χ4v) is 16.2. The lowest BCUT2D eigenvalue weighted by Gasteiger charge is -2.72. The summed E-state index contributed by atoms with van der Waals surface area (Å²) >= 11 is 0. The third-order valence-electron chi connectivity index (χ3n) is 20.8. The van der Waals surface area contributed by atoms with Crippen LogP contribution in [0.15, 0.2) is 23.5 Å². The van der Waals surface area contributed by atoms with E-state index in [0.29, 0.717) is 32.1 Å². The number of carbonyl (C=O) groups is 3. The van der Waals surface area contributed by atoms with Gasteiger partial charge in [0.1, 0.15) is 79.4 Å². The van der Waals surface area contributed by atoms with Gasteiger partial charge in [0.15, 0.2) is 25.0 Å². The average molecular weight is 1130 g/mol. The zero-order chi connectivity index (χ0) is 58.4. The summed E-state index contributed by atoms with van der Waals surface area (Å²) in [6.45, 7) is 12.0. The Bertz CT molecular complexity index is 2290. The number of fused-ring (bicyclic) bond motifs is 7. The number of carboxylic acids is 2. The first-order valence-corrected chi connectivity index (χ1v) is 27.4. The van der Waals surface area contributed by atoms with Crippen molar-refractivity contribution >= 4 is 17.9 Å². The number of aliphatic hydroxyl groups excluding tert-OH is 12. The highest BCUT2D eigenvalue weighted by molar-refractivity contribution is 5.85. The molecule has 0 bridgehead atoms. The number of rotatable bonds is 15. The molecule has 25 heteroatoms. The van der Waals surface area contributed by atoms with Crippen molar-refractivity contribution < 1.29 is 124 Å². The molecular weight excluding hydrogens is 1050 g/mol. The van der Waals surface area contributed by atoms with Crippen molar-refractivity contribution in [1.82, 2.24) is 0 Å². The van der Waals surface area contributed by atoms with Gasteiger partial charge in [-0.2, -0.15) is 0 Å². The van der Waals surface area contributed by atoms with Crippen molar-refractivity contribution in [2.75, 3.05) is 26.4 Å². The molecule has 3 heterocycles. The number of carbonyl (C=O) groups excluding carboxylic acids is 1. The van der Waals surface area contributed by atoms with Crippen LogP contribution in [0.1, 0.15) is 100 Å². The van der Waals surface area contributed by atoms with E-state index in [1.165, 1.54) is 13.8 Å². The van der Waals surface area contributed by atoms with E-state index in [1.54, 1.807) is 0 Å². The van der Waals surface area contributed by atoms with Gasteiger partial charge in [-0.25, -0.2) is 9.59 Å². The van der Waals surface area contributed by atoms with Gasteiger partial charge in [0, 0.05) is 17.8 Å². The quantitative estimate of drug-likeness (QED) is 0.0282. The topological polar surface area (TPSA) is 408 Å². The minimum atomic E-state index is -2.18. The molecule has 0 aromatic carbocycles. The Morgan fingerprint density at radius 3 is 1.76 bits per heavy atom. The van der Waals surface area contributed by atoms with Crippen molar-refractivity contribution in [1.29, 1.82) is 0 Å². The molecule has 3 aliphatic heterocycles. The monoisotopic (exact) mass is 1130 g/mol. The maximum atomic E-state index is 13.1. The molecule has 5 aliphatic carbocycles. The zero-order valence-electron chi connectivity index (χ0n) is 45.9. The summed E-state index contributed by atoms with van der Waals surface area (Å²) in [6, 6.07) is 0. The summed E-state index contributed by atoms with van der Waals surface area (Å²) in [6.07, 6.45) is -27.1. The number of allylic oxidation sites excluding steroid dienone is 2. The summed E-state index contributed by atoms with van der Waals surface area (Å²) in [4.78, 5) is 37.9. The summed E-state index contributed by atoms with van der Waals surface area (Å²) in [5.74, 6) is -4.53. The molecule has 0 aromatic heterocycles. The summed E-state index contributed by atoms with van der Waals surface area (Å²) in [5.41, 5.74) is -4.26. The highest BCUT2D eigenvalue weighted by Crippen LogP contribution is 2.76. The second-order valence-corrected chi connectivity index (χ2v) is 25.4. The second kappa shape index (κ2) is 22.5. The number of hydrogen-bond acceptors (Lipinski definition) is 23. The van der Waals surface area contributed by atoms with Crippen molar-refractivity contribution in [2.45, 2.75) is 217 Å². The molecule has 14 N–H and O–H groups in total. The fourth-order valence-electron chi connectivity index (χ4n) is 16.2. The minimum Gasteiger partial charge on any atom is -0.493 e. The predicted molar refractivity (Wildman–Crippen MR) is 266 cm³/mol. The molecule has 27 atom stereocenters. The third-order valence-corrected chi connectivity index (χ3v) is 20.8. The maximum absolute atomic E-state index is 13.1. The lowest BCUT2D eigenvalue weighted by molar-refractivity contribution is -0.392. The highest BCUT2D eigenvalue weighted by atomic mass is 16.8. The van der Waals surface area contributed by atoms with Crippen molar-refractivity contribution in [2.24, 2.45) is 50.2 Å². The van der Waals surface area contributed by atoms with Crippen LogP contribution in [0.5, 0.6) is 0 Å². The Kier molecular flexibility index (Phi) is 17.7. The first-order chi connectivity index (χ1) is 36.9. The van der Waals surface area contributed by atoms with Crippen LogP contribution in [-0.4, -0.2) is 232 Å². The van der Waals surface area contributed by atoms with Gasteiger partial charge in [0.05, 0.1) is 55.9 Å². The highest BCUT2D eigenvalue weighted by Gasteiger charge is 2.74.